The van der Waals surface area contributed by atoms with Crippen molar-refractivity contribution in [2.45, 2.75) is 49.8 Å². The summed E-state index contributed by atoms with van der Waals surface area (Å²) in [7, 11) is -4.09. The number of rotatable bonds is 4. The molecule has 2 fully saturated rings. The molecule has 0 unspecified atom stereocenters. The van der Waals surface area contributed by atoms with Gasteiger partial charge in [0.25, 0.3) is 5.92 Å². The number of carbonyl (C=O) groups is 1. The summed E-state index contributed by atoms with van der Waals surface area (Å²) in [5, 5.41) is 2.62. The highest BCUT2D eigenvalue weighted by Crippen LogP contribution is 2.44. The summed E-state index contributed by atoms with van der Waals surface area (Å²) in [6.07, 6.45) is 2.00. The maximum Gasteiger partial charge on any atom is 0.262 e. The molecular formula is C18H24F2N2O3S. The van der Waals surface area contributed by atoms with Gasteiger partial charge in [-0.2, -0.15) is 4.31 Å². The Bertz CT molecular complexity index is 780. The van der Waals surface area contributed by atoms with Crippen LogP contribution in [0, 0.1) is 5.41 Å². The smallest absolute Gasteiger partial charge is 0.262 e. The van der Waals surface area contributed by atoms with Crippen molar-refractivity contribution in [2.24, 2.45) is 5.41 Å². The van der Waals surface area contributed by atoms with Crippen LogP contribution in [-0.2, 0) is 21.2 Å². The van der Waals surface area contributed by atoms with Gasteiger partial charge in [0.15, 0.2) is 0 Å². The number of alkyl halides is 2. The molecule has 0 aliphatic carbocycles. The number of sulfonamides is 1. The zero-order chi connectivity index (χ0) is 19.0. The summed E-state index contributed by atoms with van der Waals surface area (Å²) in [6, 6.07) is 6.34. The summed E-state index contributed by atoms with van der Waals surface area (Å²) in [5.74, 6) is -3.70. The van der Waals surface area contributed by atoms with E-state index in [0.717, 1.165) is 22.7 Å². The lowest BCUT2D eigenvalue weighted by Crippen LogP contribution is -2.61. The normalized spacial score (nSPS) is 26.7. The van der Waals surface area contributed by atoms with Crippen molar-refractivity contribution in [3.63, 3.8) is 0 Å². The van der Waals surface area contributed by atoms with Crippen molar-refractivity contribution in [1.29, 1.82) is 0 Å². The van der Waals surface area contributed by atoms with E-state index in [9.17, 15) is 22.0 Å². The van der Waals surface area contributed by atoms with Crippen LogP contribution in [0.4, 0.5) is 8.78 Å². The highest BCUT2D eigenvalue weighted by atomic mass is 32.2. The lowest BCUT2D eigenvalue weighted by atomic mass is 9.73. The molecule has 144 valence electrons. The third-order valence-electron chi connectivity index (χ3n) is 5.18. The van der Waals surface area contributed by atoms with Gasteiger partial charge in [0.1, 0.15) is 0 Å². The minimum atomic E-state index is -4.09. The molecule has 1 aromatic carbocycles. The molecule has 0 bridgehead atoms. The van der Waals surface area contributed by atoms with Crippen molar-refractivity contribution in [2.75, 3.05) is 19.6 Å². The molecule has 0 aromatic heterocycles. The van der Waals surface area contributed by atoms with E-state index in [1.807, 2.05) is 6.92 Å². The van der Waals surface area contributed by atoms with Crippen LogP contribution >= 0.6 is 0 Å². The molecule has 2 saturated heterocycles. The average molecular weight is 386 g/mol. The van der Waals surface area contributed by atoms with E-state index in [4.69, 9.17) is 0 Å². The van der Waals surface area contributed by atoms with Crippen LogP contribution in [0.1, 0.15) is 38.2 Å². The van der Waals surface area contributed by atoms with Crippen LogP contribution in [0.15, 0.2) is 29.2 Å². The quantitative estimate of drug-likeness (QED) is 0.865. The predicted molar refractivity (Wildman–Crippen MR) is 93.4 cm³/mol. The second kappa shape index (κ2) is 6.88. The topological polar surface area (TPSA) is 66.5 Å². The van der Waals surface area contributed by atoms with Gasteiger partial charge < -0.3 is 5.32 Å². The fourth-order valence-corrected chi connectivity index (χ4v) is 5.50. The highest BCUT2D eigenvalue weighted by molar-refractivity contribution is 7.89. The van der Waals surface area contributed by atoms with Gasteiger partial charge in [-0.05, 0) is 37.0 Å². The maximum absolute atomic E-state index is 14.4. The average Bonchev–Trinajstić information content (AvgIpc) is 2.57. The van der Waals surface area contributed by atoms with E-state index in [1.54, 1.807) is 12.1 Å². The number of nitrogens with one attached hydrogen (secondary N) is 1. The third-order valence-corrected chi connectivity index (χ3v) is 6.99. The number of amides is 1. The number of aryl methyl sites for hydroxylation is 1. The number of carbonyl (C=O) groups excluding carboxylic acids is 1. The van der Waals surface area contributed by atoms with Gasteiger partial charge in [-0.25, -0.2) is 17.2 Å². The van der Waals surface area contributed by atoms with Gasteiger partial charge in [0, 0.05) is 19.5 Å². The summed E-state index contributed by atoms with van der Waals surface area (Å²) < 4.78 is 55.4. The first-order valence-corrected chi connectivity index (χ1v) is 10.4. The molecule has 1 atom stereocenters. The standard InChI is InChI=1S/C18H24F2N2O3S/c1-2-4-14-5-7-15(8-6-14)26(24,25)22-12-17(11-18(19,20)13-22)9-3-10-21-16(17)23/h5-8H,2-4,9-13H2,1H3,(H,21,23)/t17-/m1/s1. The summed E-state index contributed by atoms with van der Waals surface area (Å²) >= 11 is 0. The first-order valence-electron chi connectivity index (χ1n) is 8.94. The Hall–Kier alpha value is -1.54. The van der Waals surface area contributed by atoms with E-state index in [0.29, 0.717) is 13.0 Å². The zero-order valence-corrected chi connectivity index (χ0v) is 15.6. The van der Waals surface area contributed by atoms with Gasteiger partial charge in [0.05, 0.1) is 16.9 Å². The Labute approximate surface area is 152 Å². The second-order valence-electron chi connectivity index (χ2n) is 7.34. The number of nitrogens with zero attached hydrogens (tertiary/aromatic N) is 1. The van der Waals surface area contributed by atoms with Crippen LogP contribution in [-0.4, -0.2) is 44.2 Å². The number of hydrogen-bond donors (Lipinski definition) is 1. The Morgan fingerprint density at radius 2 is 1.88 bits per heavy atom. The predicted octanol–water partition coefficient (Wildman–Crippen LogP) is 2.57. The van der Waals surface area contributed by atoms with Crippen LogP contribution in [0.2, 0.25) is 0 Å². The van der Waals surface area contributed by atoms with E-state index < -0.39 is 40.2 Å². The van der Waals surface area contributed by atoms with Gasteiger partial charge in [0.2, 0.25) is 15.9 Å². The molecule has 2 heterocycles. The molecule has 1 spiro atoms. The van der Waals surface area contributed by atoms with Gasteiger partial charge >= 0.3 is 0 Å². The minimum Gasteiger partial charge on any atom is -0.356 e. The fraction of sp³-hybridized carbons (Fsp3) is 0.611. The van der Waals surface area contributed by atoms with E-state index >= 15 is 0 Å². The largest absolute Gasteiger partial charge is 0.356 e. The fourth-order valence-electron chi connectivity index (χ4n) is 3.94. The number of benzene rings is 1. The van der Waals surface area contributed by atoms with E-state index in [-0.39, 0.29) is 17.9 Å². The van der Waals surface area contributed by atoms with Crippen LogP contribution in [0.25, 0.3) is 0 Å². The van der Waals surface area contributed by atoms with Crippen molar-refractivity contribution in [1.82, 2.24) is 9.62 Å². The molecule has 1 amide bonds. The lowest BCUT2D eigenvalue weighted by molar-refractivity contribution is -0.151. The number of halogens is 2. The second-order valence-corrected chi connectivity index (χ2v) is 9.28. The molecule has 3 rings (SSSR count). The van der Waals surface area contributed by atoms with E-state index in [2.05, 4.69) is 5.32 Å². The molecule has 26 heavy (non-hydrogen) atoms. The summed E-state index contributed by atoms with van der Waals surface area (Å²) in [4.78, 5) is 12.3. The van der Waals surface area contributed by atoms with Crippen LogP contribution < -0.4 is 5.32 Å². The molecule has 1 aromatic rings. The van der Waals surface area contributed by atoms with Crippen LogP contribution in [0.3, 0.4) is 0 Å². The van der Waals surface area contributed by atoms with Gasteiger partial charge in [-0.1, -0.05) is 25.5 Å². The molecule has 0 radical (unpaired) electrons. The molecule has 2 aliphatic rings. The monoisotopic (exact) mass is 386 g/mol. The maximum atomic E-state index is 14.4. The summed E-state index contributed by atoms with van der Waals surface area (Å²) in [5.41, 5.74) is -0.353. The van der Waals surface area contributed by atoms with Crippen molar-refractivity contribution < 1.29 is 22.0 Å². The van der Waals surface area contributed by atoms with Crippen molar-refractivity contribution >= 4 is 15.9 Å². The van der Waals surface area contributed by atoms with E-state index in [1.165, 1.54) is 12.1 Å². The Balaban J connectivity index is 1.91. The van der Waals surface area contributed by atoms with Gasteiger partial charge in [-0.15, -0.1) is 0 Å². The highest BCUT2D eigenvalue weighted by Gasteiger charge is 2.56. The Kier molecular flexibility index (Phi) is 5.09. The molecular weight excluding hydrogens is 362 g/mol. The molecule has 1 N–H and O–H groups in total. The van der Waals surface area contributed by atoms with Gasteiger partial charge in [-0.3, -0.25) is 4.79 Å². The number of hydrogen-bond acceptors (Lipinski definition) is 3. The van der Waals surface area contributed by atoms with Crippen LogP contribution in [0.5, 0.6) is 0 Å². The number of piperidine rings is 2. The first kappa shape index (κ1) is 19.2. The molecule has 2 aliphatic heterocycles. The minimum absolute atomic E-state index is 0.0126. The zero-order valence-electron chi connectivity index (χ0n) is 14.8. The van der Waals surface area contributed by atoms with Crippen molar-refractivity contribution in [3.8, 4) is 0 Å². The molecule has 5 nitrogen and oxygen atoms in total. The lowest BCUT2D eigenvalue weighted by Gasteiger charge is -2.46. The Morgan fingerprint density at radius 3 is 2.50 bits per heavy atom. The summed E-state index contributed by atoms with van der Waals surface area (Å²) in [6.45, 7) is 1.38. The van der Waals surface area contributed by atoms with Crippen molar-refractivity contribution in [3.05, 3.63) is 29.8 Å². The Morgan fingerprint density at radius 1 is 1.19 bits per heavy atom. The molecule has 8 heteroatoms. The molecule has 0 saturated carbocycles. The third kappa shape index (κ3) is 3.62. The SMILES string of the molecule is CCCc1ccc(S(=O)(=O)N2CC(F)(F)C[C@]3(CCCNC3=O)C2)cc1. The first-order chi connectivity index (χ1) is 12.2.